The summed E-state index contributed by atoms with van der Waals surface area (Å²) in [7, 11) is 0. The normalized spacial score (nSPS) is 11.4. The number of hydrogen-bond donors (Lipinski definition) is 1. The monoisotopic (exact) mass is 235 g/mol. The number of ether oxygens (including phenoxy) is 1. The van der Waals surface area contributed by atoms with E-state index in [2.05, 4.69) is 0 Å². The third-order valence-electron chi connectivity index (χ3n) is 2.52. The Morgan fingerprint density at radius 2 is 1.82 bits per heavy atom. The number of nitrogens with two attached hydrogens (primary N) is 1. The lowest BCUT2D eigenvalue weighted by Crippen LogP contribution is -2.24. The summed E-state index contributed by atoms with van der Waals surface area (Å²) in [5.41, 5.74) is 8.78. The summed E-state index contributed by atoms with van der Waals surface area (Å²) < 4.78 is 5.36. The van der Waals surface area contributed by atoms with Gasteiger partial charge in [0.25, 0.3) is 0 Å². The first-order chi connectivity index (χ1) is 7.74. The minimum Gasteiger partial charge on any atom is -0.456 e. The molecule has 0 saturated carbocycles. The largest absolute Gasteiger partial charge is 0.456 e. The van der Waals surface area contributed by atoms with Crippen molar-refractivity contribution < 1.29 is 9.53 Å². The molecule has 1 rings (SSSR count). The Kier molecular flexibility index (Phi) is 3.94. The average Bonchev–Trinajstić information content (AvgIpc) is 2.18. The molecule has 0 heterocycles. The van der Waals surface area contributed by atoms with Gasteiger partial charge in [0.1, 0.15) is 5.60 Å². The number of carbonyl (C=O) groups excluding carboxylic acids is 1. The first-order valence-corrected chi connectivity index (χ1v) is 5.78. The highest BCUT2D eigenvalue weighted by Gasteiger charge is 2.19. The van der Waals surface area contributed by atoms with Crippen LogP contribution < -0.4 is 5.73 Å². The summed E-state index contributed by atoms with van der Waals surface area (Å²) in [4.78, 5) is 12.0. The summed E-state index contributed by atoms with van der Waals surface area (Å²) in [6.07, 6.45) is 0. The van der Waals surface area contributed by atoms with Crippen molar-refractivity contribution in [3.63, 3.8) is 0 Å². The molecule has 17 heavy (non-hydrogen) atoms. The fraction of sp³-hybridized carbons (Fsp3) is 0.500. The molecule has 0 bridgehead atoms. The van der Waals surface area contributed by atoms with Crippen molar-refractivity contribution >= 4 is 5.97 Å². The maximum absolute atomic E-state index is 12.0. The van der Waals surface area contributed by atoms with Gasteiger partial charge in [-0.15, -0.1) is 0 Å². The number of rotatable bonds is 2. The van der Waals surface area contributed by atoms with Crippen LogP contribution in [0.3, 0.4) is 0 Å². The summed E-state index contributed by atoms with van der Waals surface area (Å²) >= 11 is 0. The molecule has 94 valence electrons. The van der Waals surface area contributed by atoms with Gasteiger partial charge in [-0.05, 0) is 57.4 Å². The zero-order chi connectivity index (χ0) is 13.2. The standard InChI is InChI=1S/C14H21NO2/c1-9-7-12(10(2)6-11(9)8-15)13(16)17-14(3,4)5/h6-7H,8,15H2,1-5H3. The minimum absolute atomic E-state index is 0.276. The zero-order valence-electron chi connectivity index (χ0n) is 11.3. The lowest BCUT2D eigenvalue weighted by Gasteiger charge is -2.20. The molecule has 0 amide bonds. The third-order valence-corrected chi connectivity index (χ3v) is 2.52. The third kappa shape index (κ3) is 3.56. The lowest BCUT2D eigenvalue weighted by atomic mass is 10.00. The van der Waals surface area contributed by atoms with Crippen LogP contribution in [0.4, 0.5) is 0 Å². The zero-order valence-corrected chi connectivity index (χ0v) is 11.3. The van der Waals surface area contributed by atoms with E-state index < -0.39 is 5.60 Å². The Bertz CT molecular complexity index is 431. The van der Waals surface area contributed by atoms with Crippen molar-refractivity contribution in [2.75, 3.05) is 0 Å². The number of hydrogen-bond acceptors (Lipinski definition) is 3. The van der Waals surface area contributed by atoms with Crippen molar-refractivity contribution in [2.45, 2.75) is 46.8 Å². The van der Waals surface area contributed by atoms with Gasteiger partial charge >= 0.3 is 5.97 Å². The molecule has 0 fully saturated rings. The Balaban J connectivity index is 3.07. The predicted octanol–water partition coefficient (Wildman–Crippen LogP) is 2.72. The van der Waals surface area contributed by atoms with Crippen LogP contribution in [-0.2, 0) is 11.3 Å². The van der Waals surface area contributed by atoms with Crippen molar-refractivity contribution in [1.82, 2.24) is 0 Å². The summed E-state index contributed by atoms with van der Waals surface area (Å²) in [6, 6.07) is 3.81. The Morgan fingerprint density at radius 3 is 2.29 bits per heavy atom. The highest BCUT2D eigenvalue weighted by Crippen LogP contribution is 2.19. The molecular formula is C14H21NO2. The van der Waals surface area contributed by atoms with Crippen LogP contribution in [0, 0.1) is 13.8 Å². The van der Waals surface area contributed by atoms with Gasteiger partial charge in [0.15, 0.2) is 0 Å². The van der Waals surface area contributed by atoms with Crippen LogP contribution in [0.25, 0.3) is 0 Å². The van der Waals surface area contributed by atoms with Gasteiger partial charge in [0.05, 0.1) is 5.56 Å². The first-order valence-electron chi connectivity index (χ1n) is 5.78. The van der Waals surface area contributed by atoms with Gasteiger partial charge in [0, 0.05) is 6.54 Å². The van der Waals surface area contributed by atoms with Gasteiger partial charge in [-0.2, -0.15) is 0 Å². The van der Waals surface area contributed by atoms with Gasteiger partial charge in [-0.3, -0.25) is 0 Å². The second kappa shape index (κ2) is 4.88. The fourth-order valence-electron chi connectivity index (χ4n) is 1.65. The quantitative estimate of drug-likeness (QED) is 0.802. The number of carbonyl (C=O) groups is 1. The molecule has 3 nitrogen and oxygen atoms in total. The highest BCUT2D eigenvalue weighted by atomic mass is 16.6. The topological polar surface area (TPSA) is 52.3 Å². The van der Waals surface area contributed by atoms with E-state index in [1.165, 1.54) is 0 Å². The number of aryl methyl sites for hydroxylation is 2. The molecule has 0 aliphatic carbocycles. The Hall–Kier alpha value is -1.35. The second-order valence-corrected chi connectivity index (χ2v) is 5.30. The Morgan fingerprint density at radius 1 is 1.24 bits per heavy atom. The molecule has 0 atom stereocenters. The van der Waals surface area contributed by atoms with Crippen LogP contribution in [0.2, 0.25) is 0 Å². The maximum Gasteiger partial charge on any atom is 0.338 e. The van der Waals surface area contributed by atoms with Crippen molar-refractivity contribution in [3.8, 4) is 0 Å². The van der Waals surface area contributed by atoms with Crippen LogP contribution in [0.15, 0.2) is 12.1 Å². The molecule has 0 unspecified atom stereocenters. The molecular weight excluding hydrogens is 214 g/mol. The molecule has 0 saturated heterocycles. The van der Waals surface area contributed by atoms with Crippen LogP contribution in [0.5, 0.6) is 0 Å². The van der Waals surface area contributed by atoms with E-state index in [1.807, 2.05) is 46.8 Å². The van der Waals surface area contributed by atoms with E-state index in [9.17, 15) is 4.79 Å². The second-order valence-electron chi connectivity index (χ2n) is 5.30. The molecule has 0 aromatic heterocycles. The summed E-state index contributed by atoms with van der Waals surface area (Å²) in [5, 5.41) is 0. The molecule has 1 aromatic carbocycles. The van der Waals surface area contributed by atoms with Crippen molar-refractivity contribution in [3.05, 3.63) is 34.4 Å². The molecule has 2 N–H and O–H groups in total. The lowest BCUT2D eigenvalue weighted by molar-refractivity contribution is 0.00686. The smallest absolute Gasteiger partial charge is 0.338 e. The molecule has 0 radical (unpaired) electrons. The average molecular weight is 235 g/mol. The molecule has 1 aromatic rings. The Labute approximate surface area is 103 Å². The maximum atomic E-state index is 12.0. The van der Waals surface area contributed by atoms with Crippen LogP contribution in [0.1, 0.15) is 47.8 Å². The molecule has 3 heteroatoms. The van der Waals surface area contributed by atoms with E-state index in [1.54, 1.807) is 0 Å². The number of esters is 1. The first kappa shape index (κ1) is 13.7. The highest BCUT2D eigenvalue weighted by molar-refractivity contribution is 5.91. The SMILES string of the molecule is Cc1cc(C(=O)OC(C)(C)C)c(C)cc1CN. The fourth-order valence-corrected chi connectivity index (χ4v) is 1.65. The van der Waals surface area contributed by atoms with Gasteiger partial charge in [-0.25, -0.2) is 4.79 Å². The summed E-state index contributed by atoms with van der Waals surface area (Å²) in [5.74, 6) is -0.276. The van der Waals surface area contributed by atoms with Crippen LogP contribution >= 0.6 is 0 Å². The summed E-state index contributed by atoms with van der Waals surface area (Å²) in [6.45, 7) is 9.93. The van der Waals surface area contributed by atoms with Gasteiger partial charge in [0.2, 0.25) is 0 Å². The molecule has 0 aliphatic heterocycles. The van der Waals surface area contributed by atoms with Gasteiger partial charge in [-0.1, -0.05) is 6.07 Å². The molecule has 0 aliphatic rings. The molecule has 0 spiro atoms. The van der Waals surface area contributed by atoms with E-state index in [4.69, 9.17) is 10.5 Å². The van der Waals surface area contributed by atoms with Crippen molar-refractivity contribution in [1.29, 1.82) is 0 Å². The van der Waals surface area contributed by atoms with E-state index in [0.717, 1.165) is 16.7 Å². The van der Waals surface area contributed by atoms with Crippen LogP contribution in [-0.4, -0.2) is 11.6 Å². The van der Waals surface area contributed by atoms with Crippen molar-refractivity contribution in [2.24, 2.45) is 5.73 Å². The number of benzene rings is 1. The van der Waals surface area contributed by atoms with Gasteiger partial charge < -0.3 is 10.5 Å². The van der Waals surface area contributed by atoms with E-state index in [-0.39, 0.29) is 5.97 Å². The predicted molar refractivity (Wildman–Crippen MR) is 69.0 cm³/mol. The van der Waals surface area contributed by atoms with E-state index >= 15 is 0 Å². The minimum atomic E-state index is -0.468. The van der Waals surface area contributed by atoms with E-state index in [0.29, 0.717) is 12.1 Å².